The van der Waals surface area contributed by atoms with Crippen LogP contribution in [0.3, 0.4) is 0 Å². The Bertz CT molecular complexity index is 2750. The van der Waals surface area contributed by atoms with E-state index in [0.717, 1.165) is 31.4 Å². The molecule has 5 aliphatic carbocycles. The van der Waals surface area contributed by atoms with E-state index in [4.69, 9.17) is 4.74 Å². The fraction of sp³-hybridized carbons (Fsp3) is 0.192. The highest BCUT2D eigenvalue weighted by Crippen LogP contribution is 2.48. The lowest BCUT2D eigenvalue weighted by Gasteiger charge is -2.39. The molecule has 0 radical (unpaired) electrons. The molecule has 3 heterocycles. The first kappa shape index (κ1) is 32.4. The Morgan fingerprint density at radius 3 is 2.64 bits per heavy atom. The van der Waals surface area contributed by atoms with Crippen LogP contribution in [0, 0.1) is 11.8 Å². The van der Waals surface area contributed by atoms with Gasteiger partial charge in [-0.3, -0.25) is 0 Å². The van der Waals surface area contributed by atoms with E-state index in [9.17, 15) is 0 Å². The second-order valence-electron chi connectivity index (χ2n) is 16.1. The van der Waals surface area contributed by atoms with Gasteiger partial charge in [0.15, 0.2) is 0 Å². The number of rotatable bonds is 5. The second kappa shape index (κ2) is 12.9. The van der Waals surface area contributed by atoms with Gasteiger partial charge in [0.05, 0.1) is 18.1 Å². The third kappa shape index (κ3) is 5.08. The summed E-state index contributed by atoms with van der Waals surface area (Å²) in [6.45, 7) is 0. The minimum atomic E-state index is -0.0924. The smallest absolute Gasteiger partial charge is 0.149 e. The van der Waals surface area contributed by atoms with Crippen LogP contribution < -0.4 is 9.64 Å². The average molecular weight is 743 g/mol. The van der Waals surface area contributed by atoms with Gasteiger partial charge in [0.1, 0.15) is 11.9 Å². The molecule has 12 rings (SSSR count). The molecule has 1 aromatic heterocycles. The summed E-state index contributed by atoms with van der Waals surface area (Å²) < 4.78 is 9.43. The van der Waals surface area contributed by atoms with Gasteiger partial charge in [-0.1, -0.05) is 134 Å². The monoisotopic (exact) mass is 742 g/mol. The number of ether oxygens (including phenoxy) is 1. The lowest BCUT2D eigenvalue weighted by atomic mass is 9.80. The Morgan fingerprint density at radius 1 is 0.786 bits per heavy atom. The van der Waals surface area contributed by atoms with Crippen LogP contribution in [0.25, 0.3) is 31.8 Å². The Balaban J connectivity index is 0.879. The molecule has 0 bridgehead atoms. The van der Waals surface area contributed by atoms with Crippen LogP contribution >= 0.6 is 11.3 Å². The van der Waals surface area contributed by atoms with Crippen LogP contribution in [0.15, 0.2) is 186 Å². The number of anilines is 1. The number of thiophene rings is 1. The molecule has 0 saturated heterocycles. The van der Waals surface area contributed by atoms with E-state index < -0.39 is 0 Å². The number of hydrogen-bond donors (Lipinski definition) is 0. The third-order valence-electron chi connectivity index (χ3n) is 13.1. The van der Waals surface area contributed by atoms with Gasteiger partial charge < -0.3 is 14.5 Å². The number of allylic oxidation sites excluding steroid dienone is 9. The summed E-state index contributed by atoms with van der Waals surface area (Å²) in [7, 11) is 0. The van der Waals surface area contributed by atoms with Gasteiger partial charge in [-0.15, -0.1) is 11.3 Å². The first-order chi connectivity index (χ1) is 27.7. The van der Waals surface area contributed by atoms with E-state index in [1.807, 2.05) is 11.3 Å². The molecule has 3 nitrogen and oxygen atoms in total. The molecule has 6 unspecified atom stereocenters. The van der Waals surface area contributed by atoms with E-state index in [-0.39, 0.29) is 12.1 Å². The van der Waals surface area contributed by atoms with Crippen LogP contribution in [-0.2, 0) is 6.42 Å². The molecule has 4 heteroatoms. The lowest BCUT2D eigenvalue weighted by molar-refractivity contribution is 0.253. The second-order valence-corrected chi connectivity index (χ2v) is 17.2. The minimum absolute atomic E-state index is 0.00223. The Hall–Kier alpha value is -5.84. The molecule has 5 aromatic rings. The Kier molecular flexibility index (Phi) is 7.44. The van der Waals surface area contributed by atoms with Crippen molar-refractivity contribution in [2.75, 3.05) is 4.90 Å². The molecule has 0 amide bonds. The summed E-state index contributed by atoms with van der Waals surface area (Å²) >= 11 is 1.88. The van der Waals surface area contributed by atoms with Crippen molar-refractivity contribution in [1.29, 1.82) is 0 Å². The lowest BCUT2D eigenvalue weighted by Crippen LogP contribution is -2.44. The van der Waals surface area contributed by atoms with Crippen LogP contribution in [0.5, 0.6) is 5.75 Å². The van der Waals surface area contributed by atoms with Crippen molar-refractivity contribution in [2.45, 2.75) is 49.9 Å². The summed E-state index contributed by atoms with van der Waals surface area (Å²) in [6, 6.07) is 33.9. The van der Waals surface area contributed by atoms with Crippen molar-refractivity contribution >= 4 is 48.8 Å². The highest BCUT2D eigenvalue weighted by atomic mass is 32.1. The van der Waals surface area contributed by atoms with E-state index in [2.05, 4.69) is 180 Å². The van der Waals surface area contributed by atoms with E-state index in [0.29, 0.717) is 23.9 Å². The Labute approximate surface area is 332 Å². The maximum Gasteiger partial charge on any atom is 0.149 e. The minimum Gasteiger partial charge on any atom is -0.483 e. The highest BCUT2D eigenvalue weighted by molar-refractivity contribution is 7.25. The number of nitrogens with zero attached hydrogens (tertiary/aromatic N) is 2. The summed E-state index contributed by atoms with van der Waals surface area (Å²) in [5.41, 5.74) is 12.2. The molecule has 2 aliphatic heterocycles. The summed E-state index contributed by atoms with van der Waals surface area (Å²) in [5.74, 6) is 1.74. The molecule has 0 fully saturated rings. The number of para-hydroxylation sites is 1. The zero-order chi connectivity index (χ0) is 36.7. The summed E-state index contributed by atoms with van der Waals surface area (Å²) in [5, 5.41) is 2.65. The van der Waals surface area contributed by atoms with Crippen molar-refractivity contribution in [1.82, 2.24) is 4.90 Å². The summed E-state index contributed by atoms with van der Waals surface area (Å²) in [6.07, 6.45) is 35.6. The van der Waals surface area contributed by atoms with Crippen molar-refractivity contribution in [3.05, 3.63) is 203 Å². The predicted octanol–water partition coefficient (Wildman–Crippen LogP) is 12.1. The topological polar surface area (TPSA) is 15.7 Å². The highest BCUT2D eigenvalue weighted by Gasteiger charge is 2.43. The van der Waals surface area contributed by atoms with Gasteiger partial charge in [0, 0.05) is 60.2 Å². The normalized spacial score (nSPS) is 26.6. The molecule has 0 saturated carbocycles. The molecule has 272 valence electrons. The standard InChI is InChI=1S/C52H42N2OS/c1-2-11-35-30-38(26-22-33(35)10-1)54-46-16-6-3-12-40(46)41-28-23-36(31-48(41)54)34-20-24-37(25-21-34)53(39-27-29-44-43-14-5-8-19-50(43)56-51(44)32-39)47-17-9-15-45-42-13-4-7-18-49(42)55-52(45)47/h1-2,4-11,13-20,22-29,31-32,34,38,41,47-48,52H,3,12,21,30H2. The summed E-state index contributed by atoms with van der Waals surface area (Å²) in [4.78, 5) is 5.29. The first-order valence-electron chi connectivity index (χ1n) is 20.3. The van der Waals surface area contributed by atoms with Crippen LogP contribution in [0.2, 0.25) is 0 Å². The first-order valence-corrected chi connectivity index (χ1v) is 21.1. The fourth-order valence-corrected chi connectivity index (χ4v) is 11.6. The van der Waals surface area contributed by atoms with Crippen LogP contribution in [0.1, 0.15) is 36.0 Å². The molecular weight excluding hydrogens is 701 g/mol. The van der Waals surface area contributed by atoms with Crippen LogP contribution in [0.4, 0.5) is 5.69 Å². The average Bonchev–Trinajstić information content (AvgIpc) is 3.93. The zero-order valence-corrected chi connectivity index (χ0v) is 32.0. The number of fused-ring (bicyclic) bond motifs is 9. The molecule has 4 aromatic carbocycles. The van der Waals surface area contributed by atoms with Crippen molar-refractivity contribution in [3.8, 4) is 5.75 Å². The maximum absolute atomic E-state index is 6.78. The molecule has 0 N–H and O–H groups in total. The van der Waals surface area contributed by atoms with E-state index in [1.54, 1.807) is 5.57 Å². The fourth-order valence-electron chi connectivity index (χ4n) is 10.5. The van der Waals surface area contributed by atoms with Crippen molar-refractivity contribution < 1.29 is 4.74 Å². The van der Waals surface area contributed by atoms with Crippen LogP contribution in [-0.4, -0.2) is 29.1 Å². The van der Waals surface area contributed by atoms with E-state index >= 15 is 0 Å². The zero-order valence-electron chi connectivity index (χ0n) is 31.2. The third-order valence-corrected chi connectivity index (χ3v) is 14.3. The molecule has 0 spiro atoms. The largest absolute Gasteiger partial charge is 0.483 e. The maximum atomic E-state index is 6.78. The molecule has 7 aliphatic rings. The van der Waals surface area contributed by atoms with Gasteiger partial charge in [-0.05, 0) is 84.4 Å². The van der Waals surface area contributed by atoms with Gasteiger partial charge in [-0.25, -0.2) is 0 Å². The Morgan fingerprint density at radius 2 is 1.68 bits per heavy atom. The van der Waals surface area contributed by atoms with Gasteiger partial charge in [0.2, 0.25) is 0 Å². The van der Waals surface area contributed by atoms with Crippen molar-refractivity contribution in [3.63, 3.8) is 0 Å². The molecular formula is C52H42N2OS. The predicted molar refractivity (Wildman–Crippen MR) is 234 cm³/mol. The number of benzene rings is 4. The van der Waals surface area contributed by atoms with Gasteiger partial charge in [-0.2, -0.15) is 0 Å². The SMILES string of the molecule is C1=CC(N(C2=CCC(C3=CC4C(C=C3)C3=C(C=CCC3)N4C3C=Cc4ccccc4C3)C=C2)c2ccc3c(c2)sc2ccccc23)C2Oc3ccccc3C2=C1. The quantitative estimate of drug-likeness (QED) is 0.178. The van der Waals surface area contributed by atoms with Gasteiger partial charge >= 0.3 is 0 Å². The van der Waals surface area contributed by atoms with E-state index in [1.165, 1.54) is 65.1 Å². The molecule has 6 atom stereocenters. The molecule has 56 heavy (non-hydrogen) atoms. The number of hydrogen-bond acceptors (Lipinski definition) is 4. The van der Waals surface area contributed by atoms with Gasteiger partial charge in [0.25, 0.3) is 0 Å². The van der Waals surface area contributed by atoms with Crippen molar-refractivity contribution in [2.24, 2.45) is 11.8 Å².